The highest BCUT2D eigenvalue weighted by molar-refractivity contribution is 6.41. The van der Waals surface area contributed by atoms with E-state index in [1.54, 1.807) is 24.3 Å². The minimum atomic E-state index is -5.12. The summed E-state index contributed by atoms with van der Waals surface area (Å²) in [7, 11) is 0.761. The number of aromatic hydroxyl groups is 1. The Morgan fingerprint density at radius 2 is 1.85 bits per heavy atom. The molecule has 2 aromatic rings. The zero-order valence-electron chi connectivity index (χ0n) is 13.8. The van der Waals surface area contributed by atoms with Crippen molar-refractivity contribution in [1.29, 1.82) is 0 Å². The summed E-state index contributed by atoms with van der Waals surface area (Å²) in [6, 6.07) is 8.61. The summed E-state index contributed by atoms with van der Waals surface area (Å²) >= 11 is 5.82. The largest absolute Gasteiger partial charge is 0.508 e. The average Bonchev–Trinajstić information content (AvgIpc) is 2.95. The average molecular weight is 400 g/mol. The molecule has 142 valence electrons. The van der Waals surface area contributed by atoms with Gasteiger partial charge in [-0.05, 0) is 29.8 Å². The highest BCUT2D eigenvalue weighted by atomic mass is 35.5. The molecule has 1 aliphatic rings. The normalized spacial score (nSPS) is 18.9. The van der Waals surface area contributed by atoms with Crippen LogP contribution in [0.3, 0.4) is 0 Å². The van der Waals surface area contributed by atoms with E-state index >= 15 is 0 Å². The molecule has 1 atom stereocenters. The quantitative estimate of drug-likeness (QED) is 0.807. The molecular weight excluding hydrogens is 387 g/mol. The third-order valence-corrected chi connectivity index (χ3v) is 4.64. The maximum atomic E-state index is 14.0. The molecule has 2 aromatic carbocycles. The molecule has 0 bridgehead atoms. The molecule has 0 fully saturated rings. The summed E-state index contributed by atoms with van der Waals surface area (Å²) in [5.41, 5.74) is -4.77. The minimum Gasteiger partial charge on any atom is -0.508 e. The molecule has 2 N–H and O–H groups in total. The molecule has 1 aliphatic heterocycles. The number of benzene rings is 2. The van der Waals surface area contributed by atoms with Crippen LogP contribution in [0.15, 0.2) is 41.4 Å². The number of hydrogen-bond acceptors (Lipinski definition) is 4. The van der Waals surface area contributed by atoms with Crippen LogP contribution in [-0.2, 0) is 21.6 Å². The second-order valence-electron chi connectivity index (χ2n) is 5.91. The van der Waals surface area contributed by atoms with Crippen molar-refractivity contribution in [2.75, 3.05) is 7.11 Å². The minimum absolute atomic E-state index is 0.101. The Balaban J connectivity index is 2.26. The number of carboxylic acid groups (broad SMARTS) is 1. The van der Waals surface area contributed by atoms with Crippen molar-refractivity contribution in [2.45, 2.75) is 18.2 Å². The maximum absolute atomic E-state index is 14.0. The number of ether oxygens (including phenoxy) is 1. The summed E-state index contributed by atoms with van der Waals surface area (Å²) in [6.07, 6.45) is -5.22. The van der Waals surface area contributed by atoms with Crippen LogP contribution >= 0.6 is 11.6 Å². The fraction of sp³-hybridized carbons (Fsp3) is 0.222. The number of phenolic OH excluding ortho intramolecular Hbond substituents is 1. The van der Waals surface area contributed by atoms with E-state index in [1.807, 2.05) is 0 Å². The van der Waals surface area contributed by atoms with Crippen molar-refractivity contribution in [1.82, 2.24) is 0 Å². The van der Waals surface area contributed by atoms with Gasteiger partial charge in [-0.3, -0.25) is 0 Å². The number of rotatable bonds is 4. The predicted octanol–water partition coefficient (Wildman–Crippen LogP) is 4.21. The zero-order chi connectivity index (χ0) is 20.0. The molecule has 3 rings (SSSR count). The first-order chi connectivity index (χ1) is 12.6. The van der Waals surface area contributed by atoms with Crippen LogP contribution in [0.25, 0.3) is 0 Å². The van der Waals surface area contributed by atoms with Crippen molar-refractivity contribution in [3.8, 4) is 5.75 Å². The Morgan fingerprint density at radius 1 is 1.22 bits per heavy atom. The Bertz CT molecular complexity index is 941. The van der Waals surface area contributed by atoms with Gasteiger partial charge in [-0.1, -0.05) is 23.7 Å². The predicted molar refractivity (Wildman–Crippen MR) is 91.8 cm³/mol. The van der Waals surface area contributed by atoms with Crippen LogP contribution < -0.4 is 0 Å². The number of aliphatic imine (C=N–C) groups is 1. The lowest BCUT2D eigenvalue weighted by Crippen LogP contribution is -2.52. The van der Waals surface area contributed by atoms with Gasteiger partial charge in [0, 0.05) is 29.7 Å². The molecule has 27 heavy (non-hydrogen) atoms. The zero-order valence-corrected chi connectivity index (χ0v) is 14.6. The van der Waals surface area contributed by atoms with Gasteiger partial charge in [-0.15, -0.1) is 0 Å². The molecule has 5 nitrogen and oxygen atoms in total. The Kier molecular flexibility index (Phi) is 4.65. The van der Waals surface area contributed by atoms with Crippen molar-refractivity contribution in [3.05, 3.63) is 58.1 Å². The third kappa shape index (κ3) is 2.94. The summed E-state index contributed by atoms with van der Waals surface area (Å²) in [5, 5.41) is 20.0. The first kappa shape index (κ1) is 19.2. The van der Waals surface area contributed by atoms with Crippen molar-refractivity contribution in [2.24, 2.45) is 4.99 Å². The SMILES string of the molecule is COC1(C(F)(F)F)C(C(=O)O)=Nc2ccc(O)c(Cc3ccc(Cl)cc3)c21. The lowest BCUT2D eigenvalue weighted by atomic mass is 9.83. The van der Waals surface area contributed by atoms with E-state index < -0.39 is 34.8 Å². The number of hydrogen-bond donors (Lipinski definition) is 2. The van der Waals surface area contributed by atoms with Crippen LogP contribution in [0.4, 0.5) is 18.9 Å². The first-order valence-electron chi connectivity index (χ1n) is 7.66. The molecule has 0 aliphatic carbocycles. The fourth-order valence-electron chi connectivity index (χ4n) is 3.20. The van der Waals surface area contributed by atoms with Gasteiger partial charge in [0.05, 0.1) is 5.69 Å². The van der Waals surface area contributed by atoms with E-state index in [-0.39, 0.29) is 17.7 Å². The monoisotopic (exact) mass is 399 g/mol. The second kappa shape index (κ2) is 6.54. The summed E-state index contributed by atoms with van der Waals surface area (Å²) < 4.78 is 46.9. The number of fused-ring (bicyclic) bond motifs is 1. The topological polar surface area (TPSA) is 79.1 Å². The molecule has 1 unspecified atom stereocenters. The maximum Gasteiger partial charge on any atom is 0.427 e. The molecule has 0 radical (unpaired) electrons. The van der Waals surface area contributed by atoms with Gasteiger partial charge in [-0.2, -0.15) is 13.2 Å². The number of methoxy groups -OCH3 is 1. The highest BCUT2D eigenvalue weighted by Gasteiger charge is 2.66. The van der Waals surface area contributed by atoms with Gasteiger partial charge in [0.1, 0.15) is 5.75 Å². The van der Waals surface area contributed by atoms with Crippen LogP contribution in [0, 0.1) is 0 Å². The van der Waals surface area contributed by atoms with E-state index in [2.05, 4.69) is 4.99 Å². The van der Waals surface area contributed by atoms with Gasteiger partial charge in [0.25, 0.3) is 0 Å². The van der Waals surface area contributed by atoms with E-state index in [0.29, 0.717) is 10.6 Å². The fourth-order valence-corrected chi connectivity index (χ4v) is 3.33. The number of alkyl halides is 3. The third-order valence-electron chi connectivity index (χ3n) is 4.39. The summed E-state index contributed by atoms with van der Waals surface area (Å²) in [6.45, 7) is 0. The smallest absolute Gasteiger partial charge is 0.427 e. The first-order valence-corrected chi connectivity index (χ1v) is 8.03. The lowest BCUT2D eigenvalue weighted by Gasteiger charge is -2.32. The van der Waals surface area contributed by atoms with Gasteiger partial charge in [0.15, 0.2) is 5.71 Å². The van der Waals surface area contributed by atoms with Crippen molar-refractivity contribution >= 4 is 29.0 Å². The molecule has 0 aromatic heterocycles. The van der Waals surface area contributed by atoms with Crippen LogP contribution in [0.1, 0.15) is 16.7 Å². The van der Waals surface area contributed by atoms with Gasteiger partial charge < -0.3 is 14.9 Å². The van der Waals surface area contributed by atoms with E-state index in [1.165, 1.54) is 6.07 Å². The van der Waals surface area contributed by atoms with E-state index in [0.717, 1.165) is 13.2 Å². The van der Waals surface area contributed by atoms with Crippen molar-refractivity contribution < 1.29 is 32.9 Å². The van der Waals surface area contributed by atoms with Crippen molar-refractivity contribution in [3.63, 3.8) is 0 Å². The van der Waals surface area contributed by atoms with Gasteiger partial charge in [-0.25, -0.2) is 9.79 Å². The van der Waals surface area contributed by atoms with Crippen LogP contribution in [0.5, 0.6) is 5.75 Å². The Labute approximate surface area is 156 Å². The lowest BCUT2D eigenvalue weighted by molar-refractivity contribution is -0.245. The molecule has 0 saturated heterocycles. The Morgan fingerprint density at radius 3 is 2.37 bits per heavy atom. The number of carbonyl (C=O) groups is 1. The molecule has 0 spiro atoms. The highest BCUT2D eigenvalue weighted by Crippen LogP contribution is 2.53. The standard InChI is InChI=1S/C18H13ClF3NO4/c1-27-17(18(20,21)22)14-11(8-9-2-4-10(19)5-3-9)13(24)7-6-12(14)23-15(17)16(25)26/h2-7,24H,8H2,1H3,(H,25,26). The molecular formula is C18H13ClF3NO4. The van der Waals surface area contributed by atoms with Crippen LogP contribution in [0.2, 0.25) is 5.02 Å². The molecule has 1 heterocycles. The van der Waals surface area contributed by atoms with Crippen LogP contribution in [-0.4, -0.2) is 35.2 Å². The van der Waals surface area contributed by atoms with Gasteiger partial charge >= 0.3 is 12.1 Å². The molecule has 0 saturated carbocycles. The number of aliphatic carboxylic acids is 1. The number of halogens is 4. The number of nitrogens with zero attached hydrogens (tertiary/aromatic N) is 1. The molecule has 9 heteroatoms. The van der Waals surface area contributed by atoms with Gasteiger partial charge in [0.2, 0.25) is 5.60 Å². The van der Waals surface area contributed by atoms with E-state index in [9.17, 15) is 28.2 Å². The number of carboxylic acids is 1. The summed E-state index contributed by atoms with van der Waals surface area (Å²) in [5.74, 6) is -2.28. The Hall–Kier alpha value is -2.58. The number of phenols is 1. The summed E-state index contributed by atoms with van der Waals surface area (Å²) in [4.78, 5) is 15.1. The van der Waals surface area contributed by atoms with E-state index in [4.69, 9.17) is 16.3 Å². The second-order valence-corrected chi connectivity index (χ2v) is 6.35. The molecule has 0 amide bonds.